The second kappa shape index (κ2) is 4.97. The molecule has 0 radical (unpaired) electrons. The van der Waals surface area contributed by atoms with E-state index in [1.54, 1.807) is 0 Å². The fourth-order valence-electron chi connectivity index (χ4n) is 3.87. The lowest BCUT2D eigenvalue weighted by Crippen LogP contribution is -2.31. The van der Waals surface area contributed by atoms with Crippen LogP contribution in [0.1, 0.15) is 44.9 Å². The van der Waals surface area contributed by atoms with E-state index in [1.807, 2.05) is 0 Å². The predicted molar refractivity (Wildman–Crippen MR) is 67.6 cm³/mol. The Kier molecular flexibility index (Phi) is 3.37. The van der Waals surface area contributed by atoms with Crippen molar-refractivity contribution in [1.82, 2.24) is 10.6 Å². The van der Waals surface area contributed by atoms with Crippen LogP contribution in [0.25, 0.3) is 0 Å². The van der Waals surface area contributed by atoms with Crippen LogP contribution in [0.15, 0.2) is 0 Å². The minimum absolute atomic E-state index is 0.347. The largest absolute Gasteiger partial charge is 0.356 e. The number of fused-ring (bicyclic) bond motifs is 1. The maximum Gasteiger partial charge on any atom is 0.223 e. The average Bonchev–Trinajstić information content (AvgIpc) is 2.85. The molecule has 3 rings (SSSR count). The van der Waals surface area contributed by atoms with Gasteiger partial charge in [0.2, 0.25) is 5.91 Å². The number of carbonyl (C=O) groups excluding carboxylic acids is 1. The standard InChI is InChI=1S/C14H24N2O/c17-14(13-11-5-1-2-6-12(11)13)16-9-7-10-4-3-8-15-10/h10-13,15H,1-9H2,(H,16,17). The van der Waals surface area contributed by atoms with Crippen molar-refractivity contribution in [3.63, 3.8) is 0 Å². The SMILES string of the molecule is O=C(NCCC1CCCN1)C1C2CCCCC21. The molecule has 17 heavy (non-hydrogen) atoms. The first-order chi connectivity index (χ1) is 8.36. The van der Waals surface area contributed by atoms with Gasteiger partial charge in [0, 0.05) is 18.5 Å². The molecule has 3 atom stereocenters. The van der Waals surface area contributed by atoms with Gasteiger partial charge in [0.15, 0.2) is 0 Å². The van der Waals surface area contributed by atoms with Crippen LogP contribution in [-0.2, 0) is 4.79 Å². The molecule has 3 fully saturated rings. The molecule has 0 bridgehead atoms. The highest BCUT2D eigenvalue weighted by molar-refractivity contribution is 5.82. The molecule has 3 unspecified atom stereocenters. The summed E-state index contributed by atoms with van der Waals surface area (Å²) in [6.45, 7) is 2.03. The van der Waals surface area contributed by atoms with Crippen molar-refractivity contribution in [2.45, 2.75) is 51.0 Å². The lowest BCUT2D eigenvalue weighted by molar-refractivity contribution is -0.122. The van der Waals surface area contributed by atoms with Crippen LogP contribution in [0.2, 0.25) is 0 Å². The monoisotopic (exact) mass is 236 g/mol. The molecule has 1 heterocycles. The van der Waals surface area contributed by atoms with Crippen LogP contribution in [0.5, 0.6) is 0 Å². The lowest BCUT2D eigenvalue weighted by atomic mass is 10.0. The van der Waals surface area contributed by atoms with Gasteiger partial charge < -0.3 is 10.6 Å². The lowest BCUT2D eigenvalue weighted by Gasteiger charge is -2.10. The van der Waals surface area contributed by atoms with Crippen molar-refractivity contribution in [3.05, 3.63) is 0 Å². The molecule has 2 aliphatic carbocycles. The summed E-state index contributed by atoms with van der Waals surface area (Å²) in [5.74, 6) is 2.22. The summed E-state index contributed by atoms with van der Waals surface area (Å²) in [5, 5.41) is 6.62. The molecule has 2 saturated carbocycles. The molecule has 3 aliphatic rings. The first kappa shape index (κ1) is 11.5. The molecule has 3 nitrogen and oxygen atoms in total. The van der Waals surface area contributed by atoms with Gasteiger partial charge in [-0.15, -0.1) is 0 Å². The highest BCUT2D eigenvalue weighted by Gasteiger charge is 2.54. The maximum absolute atomic E-state index is 12.0. The van der Waals surface area contributed by atoms with Gasteiger partial charge in [-0.3, -0.25) is 4.79 Å². The van der Waals surface area contributed by atoms with Gasteiger partial charge >= 0.3 is 0 Å². The molecule has 96 valence electrons. The zero-order valence-electron chi connectivity index (χ0n) is 10.6. The quantitative estimate of drug-likeness (QED) is 0.780. The Balaban J connectivity index is 1.36. The Hall–Kier alpha value is -0.570. The smallest absolute Gasteiger partial charge is 0.223 e. The van der Waals surface area contributed by atoms with E-state index < -0.39 is 0 Å². The first-order valence-electron chi connectivity index (χ1n) is 7.37. The van der Waals surface area contributed by atoms with Crippen molar-refractivity contribution in [3.8, 4) is 0 Å². The van der Waals surface area contributed by atoms with Crippen LogP contribution in [0.3, 0.4) is 0 Å². The Labute approximate surface area is 104 Å². The van der Waals surface area contributed by atoms with Crippen LogP contribution in [0, 0.1) is 17.8 Å². The summed E-state index contributed by atoms with van der Waals surface area (Å²) in [4.78, 5) is 12.0. The minimum atomic E-state index is 0.347. The van der Waals surface area contributed by atoms with E-state index in [1.165, 1.54) is 38.5 Å². The summed E-state index contributed by atoms with van der Waals surface area (Å²) < 4.78 is 0. The van der Waals surface area contributed by atoms with Crippen molar-refractivity contribution in [2.24, 2.45) is 17.8 Å². The molecule has 2 N–H and O–H groups in total. The fraction of sp³-hybridized carbons (Fsp3) is 0.929. The number of hydrogen-bond acceptors (Lipinski definition) is 2. The van der Waals surface area contributed by atoms with Gasteiger partial charge in [0.25, 0.3) is 0 Å². The van der Waals surface area contributed by atoms with Crippen LogP contribution in [-0.4, -0.2) is 25.0 Å². The van der Waals surface area contributed by atoms with Gasteiger partial charge in [0.1, 0.15) is 0 Å². The van der Waals surface area contributed by atoms with E-state index in [4.69, 9.17) is 0 Å². The molecule has 0 spiro atoms. The van der Waals surface area contributed by atoms with E-state index in [2.05, 4.69) is 10.6 Å². The predicted octanol–water partition coefficient (Wildman–Crippen LogP) is 1.68. The topological polar surface area (TPSA) is 41.1 Å². The van der Waals surface area contributed by atoms with Crippen molar-refractivity contribution in [2.75, 3.05) is 13.1 Å². The third-order valence-corrected chi connectivity index (χ3v) is 4.91. The Morgan fingerprint density at radius 3 is 2.53 bits per heavy atom. The zero-order chi connectivity index (χ0) is 11.7. The maximum atomic E-state index is 12.0. The Morgan fingerprint density at radius 1 is 1.12 bits per heavy atom. The first-order valence-corrected chi connectivity index (χ1v) is 7.37. The average molecular weight is 236 g/mol. The minimum Gasteiger partial charge on any atom is -0.356 e. The van der Waals surface area contributed by atoms with E-state index in [-0.39, 0.29) is 0 Å². The number of rotatable bonds is 4. The van der Waals surface area contributed by atoms with Gasteiger partial charge in [-0.1, -0.05) is 12.8 Å². The van der Waals surface area contributed by atoms with Gasteiger partial charge in [-0.25, -0.2) is 0 Å². The zero-order valence-corrected chi connectivity index (χ0v) is 10.6. The van der Waals surface area contributed by atoms with Crippen molar-refractivity contribution < 1.29 is 4.79 Å². The van der Waals surface area contributed by atoms with Crippen LogP contribution < -0.4 is 10.6 Å². The molecule has 0 aromatic heterocycles. The second-order valence-electron chi connectivity index (χ2n) is 6.01. The molecule has 1 amide bonds. The molecular formula is C14H24N2O. The number of nitrogens with one attached hydrogen (secondary N) is 2. The Morgan fingerprint density at radius 2 is 1.88 bits per heavy atom. The molecule has 1 aliphatic heterocycles. The number of carbonyl (C=O) groups is 1. The van der Waals surface area contributed by atoms with Crippen molar-refractivity contribution in [1.29, 1.82) is 0 Å². The third-order valence-electron chi connectivity index (χ3n) is 4.91. The second-order valence-corrected chi connectivity index (χ2v) is 6.01. The Bertz CT molecular complexity index is 274. The molecule has 1 saturated heterocycles. The van der Waals surface area contributed by atoms with Crippen LogP contribution in [0.4, 0.5) is 0 Å². The fourth-order valence-corrected chi connectivity index (χ4v) is 3.87. The van der Waals surface area contributed by atoms with Gasteiger partial charge in [0.05, 0.1) is 0 Å². The van der Waals surface area contributed by atoms with Gasteiger partial charge in [-0.05, 0) is 50.5 Å². The highest BCUT2D eigenvalue weighted by Crippen LogP contribution is 2.55. The third kappa shape index (κ3) is 2.49. The molecule has 0 aromatic rings. The van der Waals surface area contributed by atoms with Crippen LogP contribution >= 0.6 is 0 Å². The van der Waals surface area contributed by atoms with Gasteiger partial charge in [-0.2, -0.15) is 0 Å². The number of amides is 1. The van der Waals surface area contributed by atoms with E-state index in [9.17, 15) is 4.79 Å². The molecule has 3 heteroatoms. The summed E-state index contributed by atoms with van der Waals surface area (Å²) in [6, 6.07) is 0.650. The summed E-state index contributed by atoms with van der Waals surface area (Å²) in [7, 11) is 0. The van der Waals surface area contributed by atoms with E-state index in [0.29, 0.717) is 17.9 Å². The number of hydrogen-bond donors (Lipinski definition) is 2. The summed E-state index contributed by atoms with van der Waals surface area (Å²) in [6.07, 6.45) is 8.97. The van der Waals surface area contributed by atoms with E-state index in [0.717, 1.165) is 31.3 Å². The highest BCUT2D eigenvalue weighted by atomic mass is 16.2. The normalized spacial score (nSPS) is 39.8. The summed E-state index contributed by atoms with van der Waals surface area (Å²) in [5.41, 5.74) is 0. The molecular weight excluding hydrogens is 212 g/mol. The molecule has 0 aromatic carbocycles. The van der Waals surface area contributed by atoms with E-state index >= 15 is 0 Å². The van der Waals surface area contributed by atoms with Crippen molar-refractivity contribution >= 4 is 5.91 Å². The summed E-state index contributed by atoms with van der Waals surface area (Å²) >= 11 is 0.